The van der Waals surface area contributed by atoms with E-state index < -0.39 is 0 Å². The third kappa shape index (κ3) is 9.50. The number of hydrogen-bond donors (Lipinski definition) is 0. The highest BCUT2D eigenvalue weighted by molar-refractivity contribution is 5.66. The van der Waals surface area contributed by atoms with Gasteiger partial charge in [0.15, 0.2) is 0 Å². The lowest BCUT2D eigenvalue weighted by molar-refractivity contribution is -0.144. The second-order valence-electron chi connectivity index (χ2n) is 4.27. The molecule has 16 heavy (non-hydrogen) atoms. The molecule has 0 aliphatic rings. The minimum Gasteiger partial charge on any atom is -0.458 e. The Morgan fingerprint density at radius 1 is 1.25 bits per heavy atom. The van der Waals surface area contributed by atoms with Crippen molar-refractivity contribution in [3.05, 3.63) is 23.8 Å². The van der Waals surface area contributed by atoms with Crippen molar-refractivity contribution in [3.63, 3.8) is 0 Å². The molecule has 0 aromatic carbocycles. The minimum atomic E-state index is -0.205. The first-order chi connectivity index (χ1) is 7.56. The second-order valence-corrected chi connectivity index (χ2v) is 4.27. The third-order valence-corrected chi connectivity index (χ3v) is 2.16. The maximum Gasteiger partial charge on any atom is 0.303 e. The Balaban J connectivity index is 4.14. The highest BCUT2D eigenvalue weighted by atomic mass is 16.5. The van der Waals surface area contributed by atoms with Gasteiger partial charge in [-0.15, -0.1) is 0 Å². The van der Waals surface area contributed by atoms with E-state index in [-0.39, 0.29) is 12.1 Å². The molecule has 0 aromatic rings. The van der Waals surface area contributed by atoms with Crippen molar-refractivity contribution in [1.29, 1.82) is 0 Å². The maximum atomic E-state index is 10.9. The molecule has 0 spiro atoms. The molecule has 0 radical (unpaired) electrons. The normalized spacial score (nSPS) is 12.5. The van der Waals surface area contributed by atoms with E-state index in [1.54, 1.807) is 0 Å². The lowest BCUT2D eigenvalue weighted by atomic mass is 10.1. The monoisotopic (exact) mass is 224 g/mol. The summed E-state index contributed by atoms with van der Waals surface area (Å²) >= 11 is 0. The molecule has 0 bridgehead atoms. The van der Waals surface area contributed by atoms with Gasteiger partial charge in [-0.3, -0.25) is 4.79 Å². The van der Waals surface area contributed by atoms with Crippen molar-refractivity contribution in [2.75, 3.05) is 0 Å². The van der Waals surface area contributed by atoms with Gasteiger partial charge in [-0.1, -0.05) is 37.5 Å². The van der Waals surface area contributed by atoms with Gasteiger partial charge < -0.3 is 4.74 Å². The topological polar surface area (TPSA) is 26.3 Å². The van der Waals surface area contributed by atoms with Crippen molar-refractivity contribution in [1.82, 2.24) is 0 Å². The molecule has 0 saturated carbocycles. The highest BCUT2D eigenvalue weighted by Gasteiger charge is 2.06. The van der Waals surface area contributed by atoms with Crippen molar-refractivity contribution in [3.8, 4) is 0 Å². The number of hydrogen-bond acceptors (Lipinski definition) is 2. The fraction of sp³-hybridized carbons (Fsp3) is 0.643. The second kappa shape index (κ2) is 9.20. The fourth-order valence-corrected chi connectivity index (χ4v) is 1.38. The third-order valence-electron chi connectivity index (χ3n) is 2.16. The van der Waals surface area contributed by atoms with Crippen molar-refractivity contribution >= 4 is 5.97 Å². The maximum absolute atomic E-state index is 10.9. The molecule has 92 valence electrons. The molecule has 0 unspecified atom stereocenters. The molecule has 1 atom stereocenters. The number of rotatable bonds is 7. The van der Waals surface area contributed by atoms with Gasteiger partial charge >= 0.3 is 5.97 Å². The Hall–Kier alpha value is -1.05. The van der Waals surface area contributed by atoms with Gasteiger partial charge in [0, 0.05) is 6.92 Å². The minimum absolute atomic E-state index is 0.0698. The Labute approximate surface area is 99.4 Å². The summed E-state index contributed by atoms with van der Waals surface area (Å²) in [7, 11) is 0. The van der Waals surface area contributed by atoms with E-state index in [9.17, 15) is 4.79 Å². The molecule has 0 amide bonds. The first-order valence-corrected chi connectivity index (χ1v) is 6.05. The summed E-state index contributed by atoms with van der Waals surface area (Å²) in [6, 6.07) is 0. The molecule has 0 rings (SSSR count). The molecule has 2 heteroatoms. The van der Waals surface area contributed by atoms with E-state index in [4.69, 9.17) is 4.74 Å². The molecular formula is C14H24O2. The van der Waals surface area contributed by atoms with Crippen LogP contribution in [0.25, 0.3) is 0 Å². The van der Waals surface area contributed by atoms with Crippen molar-refractivity contribution in [2.45, 2.75) is 59.5 Å². The Morgan fingerprint density at radius 3 is 2.44 bits per heavy atom. The number of allylic oxidation sites excluding steroid dienone is 3. The van der Waals surface area contributed by atoms with Crippen molar-refractivity contribution in [2.24, 2.45) is 0 Å². The van der Waals surface area contributed by atoms with E-state index in [0.717, 1.165) is 12.8 Å². The van der Waals surface area contributed by atoms with Crippen molar-refractivity contribution < 1.29 is 9.53 Å². The average Bonchev–Trinajstić information content (AvgIpc) is 2.16. The highest BCUT2D eigenvalue weighted by Crippen LogP contribution is 2.09. The average molecular weight is 224 g/mol. The zero-order chi connectivity index (χ0) is 12.4. The smallest absolute Gasteiger partial charge is 0.303 e. The summed E-state index contributed by atoms with van der Waals surface area (Å²) in [5, 5.41) is 0. The molecule has 0 aliphatic carbocycles. The van der Waals surface area contributed by atoms with Crippen LogP contribution in [0.15, 0.2) is 23.8 Å². The van der Waals surface area contributed by atoms with Gasteiger partial charge in [0.25, 0.3) is 0 Å². The number of carbonyl (C=O) groups is 1. The summed E-state index contributed by atoms with van der Waals surface area (Å²) in [5.74, 6) is -0.205. The largest absolute Gasteiger partial charge is 0.458 e. The lowest BCUT2D eigenvalue weighted by Crippen LogP contribution is -2.13. The molecule has 0 fully saturated rings. The van der Waals surface area contributed by atoms with Gasteiger partial charge in [0.05, 0.1) is 0 Å². The van der Waals surface area contributed by atoms with Gasteiger partial charge in [0.1, 0.15) is 6.10 Å². The first kappa shape index (κ1) is 14.9. The quantitative estimate of drug-likeness (QED) is 0.371. The van der Waals surface area contributed by atoms with Crippen LogP contribution in [0.1, 0.15) is 53.4 Å². The van der Waals surface area contributed by atoms with Gasteiger partial charge in [-0.2, -0.15) is 0 Å². The number of unbranched alkanes of at least 4 members (excludes halogenated alkanes) is 2. The van der Waals surface area contributed by atoms with Gasteiger partial charge in [0.2, 0.25) is 0 Å². The van der Waals surface area contributed by atoms with Crippen LogP contribution in [-0.4, -0.2) is 12.1 Å². The van der Waals surface area contributed by atoms with E-state index >= 15 is 0 Å². The molecule has 0 aromatic heterocycles. The standard InChI is InChI=1S/C14H24O2/c1-5-6-7-10-14(16-13(4)15)11-8-9-12(2)3/h8-9,11,14H,5-7,10H2,1-4H3/b11-8+/t14-/m0/s1. The van der Waals surface area contributed by atoms with Gasteiger partial charge in [-0.05, 0) is 32.8 Å². The summed E-state index contributed by atoms with van der Waals surface area (Å²) in [6.45, 7) is 7.71. The molecular weight excluding hydrogens is 200 g/mol. The molecule has 0 N–H and O–H groups in total. The Bertz CT molecular complexity index is 247. The summed E-state index contributed by atoms with van der Waals surface area (Å²) in [4.78, 5) is 10.9. The predicted molar refractivity (Wildman–Crippen MR) is 68.3 cm³/mol. The SMILES string of the molecule is CCCCC[C@@H](/C=C/C=C(C)C)OC(C)=O. The predicted octanol–water partition coefficient (Wildman–Crippen LogP) is 4.02. The van der Waals surface area contributed by atoms with Crippen LogP contribution in [0.4, 0.5) is 0 Å². The molecule has 0 heterocycles. The summed E-state index contributed by atoms with van der Waals surface area (Å²) in [5.41, 5.74) is 1.24. The number of carbonyl (C=O) groups excluding carboxylic acids is 1. The Kier molecular flexibility index (Phi) is 8.59. The molecule has 0 aliphatic heterocycles. The summed E-state index contributed by atoms with van der Waals surface area (Å²) in [6.07, 6.45) is 10.3. The van der Waals surface area contributed by atoms with Crippen LogP contribution in [0, 0.1) is 0 Å². The molecule has 2 nitrogen and oxygen atoms in total. The first-order valence-electron chi connectivity index (χ1n) is 6.05. The van der Waals surface area contributed by atoms with E-state index in [1.807, 2.05) is 32.1 Å². The van der Waals surface area contributed by atoms with Crippen LogP contribution in [0.3, 0.4) is 0 Å². The van der Waals surface area contributed by atoms with Crippen LogP contribution in [0.2, 0.25) is 0 Å². The van der Waals surface area contributed by atoms with Crippen LogP contribution in [0.5, 0.6) is 0 Å². The fourth-order valence-electron chi connectivity index (χ4n) is 1.38. The summed E-state index contributed by atoms with van der Waals surface area (Å²) < 4.78 is 5.22. The number of esters is 1. The number of ether oxygens (including phenoxy) is 1. The van der Waals surface area contributed by atoms with Crippen LogP contribution in [-0.2, 0) is 9.53 Å². The van der Waals surface area contributed by atoms with E-state index in [1.165, 1.54) is 25.3 Å². The van der Waals surface area contributed by atoms with E-state index in [2.05, 4.69) is 6.92 Å². The zero-order valence-corrected chi connectivity index (χ0v) is 11.0. The van der Waals surface area contributed by atoms with Gasteiger partial charge in [-0.25, -0.2) is 0 Å². The zero-order valence-electron chi connectivity index (χ0n) is 11.0. The Morgan fingerprint density at radius 2 is 1.94 bits per heavy atom. The van der Waals surface area contributed by atoms with Crippen LogP contribution >= 0.6 is 0 Å². The van der Waals surface area contributed by atoms with E-state index in [0.29, 0.717) is 0 Å². The lowest BCUT2D eigenvalue weighted by Gasteiger charge is -2.12. The molecule has 0 saturated heterocycles. The van der Waals surface area contributed by atoms with Crippen LogP contribution < -0.4 is 0 Å².